The Balaban J connectivity index is 6.83. The van der Waals surface area contributed by atoms with Gasteiger partial charge in [-0.3, -0.25) is 67.1 Å². The molecule has 0 aromatic heterocycles. The smallest absolute Gasteiger partial charge is 0.407 e. The summed E-state index contributed by atoms with van der Waals surface area (Å²) >= 11 is 0. The number of Topliss-reactive ketones (excluding diaryl/α,β-unsaturated/α-hetero) is 4. The minimum atomic E-state index is -0.604. The van der Waals surface area contributed by atoms with Gasteiger partial charge in [-0.05, 0) is 85.5 Å². The van der Waals surface area contributed by atoms with E-state index >= 15 is 0 Å². The standard InChI is InChI=1S/C89H176N26O19/c1-89(2,3)134-88(130)108-36-8-68-131-70-72-133-73-71-132-69-9-49-111(58-22-84(126)104-43-64-112(50-16-76(118)12-6-47-109(54-18-78(120)98-37-30-92)55-19-79(121)99-38-31-93)51-17-77(119)13-7-48-110(56-20-80(122)100-39-32-94)57-21-81(123)101-40-33-95)59-23-85(127)107-46-67-115(62-26-86(128)105-44-65-113(52-14-74(116)10-4-28-90)60-24-82(124)102-41-34-96)63-27-87(129)106-45-66-114(53-15-75(117)11-5-29-91)61-25-83(125)103-42-35-97/h4-73,90-97H2,1-3H3,(H,98,120)(H,99,121)(H,100,122)(H,101,123)(H,102,124)(H,103,125)(H,104,126)(H,105,128)(H,106,129)(H,107,127)(H,108,130). The van der Waals surface area contributed by atoms with E-state index in [1.165, 1.54) is 0 Å². The van der Waals surface area contributed by atoms with Crippen molar-refractivity contribution in [3.63, 3.8) is 0 Å². The highest BCUT2D eigenvalue weighted by Gasteiger charge is 2.23. The van der Waals surface area contributed by atoms with Crippen molar-refractivity contribution >= 4 is 88.3 Å². The van der Waals surface area contributed by atoms with Gasteiger partial charge in [0.25, 0.3) is 0 Å². The maximum atomic E-state index is 13.9. The highest BCUT2D eigenvalue weighted by molar-refractivity contribution is 5.82. The molecule has 0 saturated carbocycles. The summed E-state index contributed by atoms with van der Waals surface area (Å²) in [6.45, 7) is 19.8. The molecule has 0 fully saturated rings. The molecule has 0 aliphatic heterocycles. The Kier molecular flexibility index (Phi) is 81.3. The predicted octanol–water partition coefficient (Wildman–Crippen LogP) is -5.85. The Labute approximate surface area is 796 Å². The van der Waals surface area contributed by atoms with Gasteiger partial charge in [0.05, 0.1) is 26.4 Å². The molecule has 0 aromatic rings. The third-order valence-electron chi connectivity index (χ3n) is 21.0. The summed E-state index contributed by atoms with van der Waals surface area (Å²) in [5, 5.41) is 31.2. The van der Waals surface area contributed by atoms with E-state index in [2.05, 4.69) is 58.5 Å². The van der Waals surface area contributed by atoms with E-state index < -0.39 is 11.7 Å². The van der Waals surface area contributed by atoms with Crippen molar-refractivity contribution in [2.24, 2.45) is 45.9 Å². The Hall–Kier alpha value is -8.07. The van der Waals surface area contributed by atoms with Crippen molar-refractivity contribution in [2.75, 3.05) is 301 Å². The number of ether oxygens (including phenoxy) is 4. The van der Waals surface area contributed by atoms with Crippen LogP contribution in [-0.4, -0.2) is 430 Å². The molecule has 0 spiro atoms. The normalized spacial score (nSPS) is 11.5. The van der Waals surface area contributed by atoms with Crippen LogP contribution in [0.3, 0.4) is 0 Å². The lowest BCUT2D eigenvalue weighted by Gasteiger charge is -2.24. The van der Waals surface area contributed by atoms with Gasteiger partial charge in [0.2, 0.25) is 59.1 Å². The summed E-state index contributed by atoms with van der Waals surface area (Å²) in [4.78, 5) is 209. The fourth-order valence-corrected chi connectivity index (χ4v) is 13.4. The first-order valence-electron chi connectivity index (χ1n) is 48.6. The van der Waals surface area contributed by atoms with Crippen molar-refractivity contribution < 1.29 is 90.9 Å². The highest BCUT2D eigenvalue weighted by atomic mass is 16.6. The Morgan fingerprint density at radius 3 is 0.612 bits per heavy atom. The van der Waals surface area contributed by atoms with E-state index in [1.807, 2.05) is 34.3 Å². The minimum Gasteiger partial charge on any atom is -0.444 e. The molecule has 0 bridgehead atoms. The van der Waals surface area contributed by atoms with E-state index in [0.29, 0.717) is 235 Å². The lowest BCUT2D eigenvalue weighted by atomic mass is 10.1. The predicted molar refractivity (Wildman–Crippen MR) is 515 cm³/mol. The monoisotopic (exact) mass is 1910 g/mol. The van der Waals surface area contributed by atoms with Gasteiger partial charge in [0.15, 0.2) is 0 Å². The number of nitrogens with one attached hydrogen (secondary N) is 11. The zero-order chi connectivity index (χ0) is 99.3. The van der Waals surface area contributed by atoms with Crippen LogP contribution < -0.4 is 104 Å². The summed E-state index contributed by atoms with van der Waals surface area (Å²) in [5.41, 5.74) is 44.2. The molecule has 0 heterocycles. The molecule has 0 saturated heterocycles. The van der Waals surface area contributed by atoms with Crippen LogP contribution in [0.1, 0.15) is 175 Å². The van der Waals surface area contributed by atoms with Gasteiger partial charge >= 0.3 is 6.09 Å². The summed E-state index contributed by atoms with van der Waals surface area (Å²) in [6, 6.07) is 0. The first kappa shape index (κ1) is 126. The molecule has 45 heteroatoms. The number of alkyl carbamates (subject to hydrolysis) is 1. The molecular formula is C89H176N26O19. The quantitative estimate of drug-likeness (QED) is 0.0252. The van der Waals surface area contributed by atoms with Crippen molar-refractivity contribution in [2.45, 2.75) is 180 Å². The number of amides is 11. The van der Waals surface area contributed by atoms with E-state index in [4.69, 9.17) is 64.8 Å². The van der Waals surface area contributed by atoms with Gasteiger partial charge in [0, 0.05) is 364 Å². The minimum absolute atomic E-state index is 0.0234. The lowest BCUT2D eigenvalue weighted by Crippen LogP contribution is -2.42. The second kappa shape index (κ2) is 86.5. The molecule has 0 radical (unpaired) electrons. The summed E-state index contributed by atoms with van der Waals surface area (Å²) in [7, 11) is 0. The number of hydrogen-bond acceptors (Lipinski definition) is 34. The van der Waals surface area contributed by atoms with E-state index in [9.17, 15) is 71.9 Å². The van der Waals surface area contributed by atoms with E-state index in [1.54, 1.807) is 20.8 Å². The number of ketones is 4. The summed E-state index contributed by atoms with van der Waals surface area (Å²) < 4.78 is 22.6. The second-order valence-corrected chi connectivity index (χ2v) is 33.7. The van der Waals surface area contributed by atoms with Gasteiger partial charge in [0.1, 0.15) is 28.7 Å². The first-order valence-corrected chi connectivity index (χ1v) is 48.6. The molecule has 0 aliphatic rings. The van der Waals surface area contributed by atoms with Gasteiger partial charge in [-0.25, -0.2) is 4.79 Å². The average molecular weight is 1910 g/mol. The number of rotatable bonds is 94. The van der Waals surface area contributed by atoms with Crippen molar-refractivity contribution in [1.82, 2.24) is 92.8 Å². The molecular weight excluding hydrogens is 1740 g/mol. The molecule has 0 aliphatic carbocycles. The zero-order valence-electron chi connectivity index (χ0n) is 81.5. The number of nitrogens with zero attached hydrogens (tertiary/aromatic N) is 7. The van der Waals surface area contributed by atoms with Crippen LogP contribution in [0.2, 0.25) is 0 Å². The lowest BCUT2D eigenvalue weighted by molar-refractivity contribution is -0.123. The molecule has 0 aromatic carbocycles. The van der Waals surface area contributed by atoms with Crippen LogP contribution in [0.5, 0.6) is 0 Å². The number of hydrogen-bond donors (Lipinski definition) is 19. The third kappa shape index (κ3) is 81.1. The largest absolute Gasteiger partial charge is 0.444 e. The maximum absolute atomic E-state index is 13.9. The van der Waals surface area contributed by atoms with Crippen LogP contribution in [0.4, 0.5) is 4.79 Å². The number of carbonyl (C=O) groups excluding carboxylic acids is 15. The maximum Gasteiger partial charge on any atom is 0.407 e. The van der Waals surface area contributed by atoms with Crippen molar-refractivity contribution in [3.05, 3.63) is 0 Å². The molecule has 11 amide bonds. The summed E-state index contributed by atoms with van der Waals surface area (Å²) in [5.74, 6) is -2.26. The number of carbonyl (C=O) groups is 15. The van der Waals surface area contributed by atoms with Crippen molar-refractivity contribution in [1.29, 1.82) is 0 Å². The number of nitrogens with two attached hydrogens (primary N) is 8. The fourth-order valence-electron chi connectivity index (χ4n) is 13.4. The first-order chi connectivity index (χ1) is 64.5. The average Bonchev–Trinajstić information content (AvgIpc) is 0.968. The van der Waals surface area contributed by atoms with Crippen LogP contribution >= 0.6 is 0 Å². The van der Waals surface area contributed by atoms with Gasteiger partial charge in [-0.15, -0.1) is 0 Å². The Morgan fingerprint density at radius 2 is 0.388 bits per heavy atom. The molecule has 0 atom stereocenters. The van der Waals surface area contributed by atoms with Gasteiger partial charge in [-0.2, -0.15) is 0 Å². The van der Waals surface area contributed by atoms with Crippen LogP contribution in [0.15, 0.2) is 0 Å². The second-order valence-electron chi connectivity index (χ2n) is 33.7. The molecule has 776 valence electrons. The molecule has 0 rings (SSSR count). The van der Waals surface area contributed by atoms with Gasteiger partial charge in [-0.1, -0.05) is 0 Å². The Bertz CT molecular complexity index is 2770. The highest BCUT2D eigenvalue weighted by Crippen LogP contribution is 2.11. The zero-order valence-corrected chi connectivity index (χ0v) is 81.5. The Morgan fingerprint density at radius 1 is 0.194 bits per heavy atom. The molecule has 0 unspecified atom stereocenters. The van der Waals surface area contributed by atoms with E-state index in [-0.39, 0.29) is 303 Å². The SMILES string of the molecule is CC(C)(C)OC(=O)NCCCOCCOCCOCCCN(CCC(=O)NCCN(CCC(=O)CCCN(CCC(=O)NCCN)CCC(=O)NCCN)CCC(=O)CCCN(CCC(=O)NCCN)CCC(=O)NCCN)CCC(=O)NCCN(CCC(=O)NCCN(CCC(=O)CCCN)CCC(=O)NCCN)CCC(=O)NCCN(CCC(=O)CCCN)CCC(=O)NCCN. The molecule has 134 heavy (non-hydrogen) atoms. The van der Waals surface area contributed by atoms with Crippen LogP contribution in [0.25, 0.3) is 0 Å². The van der Waals surface area contributed by atoms with E-state index in [0.717, 1.165) is 0 Å². The van der Waals surface area contributed by atoms with Crippen LogP contribution in [-0.2, 0) is 86.1 Å². The van der Waals surface area contributed by atoms with Gasteiger partial charge < -0.3 is 158 Å². The molecule has 45 nitrogen and oxygen atoms in total. The van der Waals surface area contributed by atoms with Crippen molar-refractivity contribution in [3.8, 4) is 0 Å². The van der Waals surface area contributed by atoms with Crippen LogP contribution in [0, 0.1) is 0 Å². The molecule has 27 N–H and O–H groups in total. The summed E-state index contributed by atoms with van der Waals surface area (Å²) in [6.07, 6.45) is 5.65. The topological polar surface area (TPSA) is 656 Å². The fraction of sp³-hybridized carbons (Fsp3) is 0.831. The third-order valence-corrected chi connectivity index (χ3v) is 21.0.